The predicted molar refractivity (Wildman–Crippen MR) is 111 cm³/mol. The molecule has 28 heavy (non-hydrogen) atoms. The third-order valence-corrected chi connectivity index (χ3v) is 4.93. The number of benzene rings is 2. The van der Waals surface area contributed by atoms with Crippen molar-refractivity contribution < 1.29 is 14.3 Å². The number of ether oxygens (including phenoxy) is 1. The molecule has 2 aromatic rings. The molecule has 0 aliphatic carbocycles. The molecular weight excluding hydrogens is 352 g/mol. The van der Waals surface area contributed by atoms with Gasteiger partial charge in [0.25, 0.3) is 11.8 Å². The molecule has 0 radical (unpaired) electrons. The molecule has 1 aliphatic heterocycles. The Kier molecular flexibility index (Phi) is 6.69. The van der Waals surface area contributed by atoms with Gasteiger partial charge in [0.1, 0.15) is 5.75 Å². The van der Waals surface area contributed by atoms with Crippen molar-refractivity contribution in [1.82, 2.24) is 5.32 Å². The van der Waals surface area contributed by atoms with Gasteiger partial charge in [-0.2, -0.15) is 0 Å². The van der Waals surface area contributed by atoms with Crippen molar-refractivity contribution in [3.8, 4) is 5.75 Å². The van der Waals surface area contributed by atoms with E-state index in [1.165, 1.54) is 12.8 Å². The molecule has 0 bridgehead atoms. The minimum absolute atomic E-state index is 0.0496. The van der Waals surface area contributed by atoms with E-state index >= 15 is 0 Å². The summed E-state index contributed by atoms with van der Waals surface area (Å²) in [5.41, 5.74) is 3.49. The summed E-state index contributed by atoms with van der Waals surface area (Å²) in [6.45, 7) is 5.38. The zero-order valence-electron chi connectivity index (χ0n) is 16.7. The normalized spacial score (nSPS) is 13.1. The van der Waals surface area contributed by atoms with Gasteiger partial charge in [-0.25, -0.2) is 0 Å². The van der Waals surface area contributed by atoms with E-state index in [0.717, 1.165) is 35.4 Å². The Morgan fingerprint density at radius 3 is 2.64 bits per heavy atom. The Bertz CT molecular complexity index is 830. The van der Waals surface area contributed by atoms with Gasteiger partial charge >= 0.3 is 0 Å². The fourth-order valence-corrected chi connectivity index (χ4v) is 3.29. The van der Waals surface area contributed by atoms with E-state index in [-0.39, 0.29) is 18.4 Å². The molecule has 148 valence electrons. The maximum Gasteiger partial charge on any atom is 0.265 e. The van der Waals surface area contributed by atoms with Gasteiger partial charge in [-0.05, 0) is 48.7 Å². The second-order valence-corrected chi connectivity index (χ2v) is 7.25. The first-order chi connectivity index (χ1) is 13.6. The first-order valence-electron chi connectivity index (χ1n) is 9.99. The largest absolute Gasteiger partial charge is 0.482 e. The number of hydrogen-bond donors (Lipinski definition) is 1. The van der Waals surface area contributed by atoms with E-state index in [4.69, 9.17) is 4.74 Å². The van der Waals surface area contributed by atoms with Crippen LogP contribution in [0.15, 0.2) is 42.5 Å². The van der Waals surface area contributed by atoms with Gasteiger partial charge in [0.05, 0.1) is 12.2 Å². The summed E-state index contributed by atoms with van der Waals surface area (Å²) >= 11 is 0. The van der Waals surface area contributed by atoms with Crippen LogP contribution >= 0.6 is 0 Å². The lowest BCUT2D eigenvalue weighted by Crippen LogP contribution is -2.38. The summed E-state index contributed by atoms with van der Waals surface area (Å²) in [6, 6.07) is 13.3. The lowest BCUT2D eigenvalue weighted by atomic mass is 10.1. The summed E-state index contributed by atoms with van der Waals surface area (Å²) in [5.74, 6) is 0.614. The highest BCUT2D eigenvalue weighted by atomic mass is 16.5. The number of rotatable bonds is 8. The van der Waals surface area contributed by atoms with Crippen LogP contribution in [0.5, 0.6) is 5.75 Å². The SMILES string of the molecule is CCCCCCNC(=O)c1ccc(CN2C(=O)COc3ccc(C)cc32)cc1. The Morgan fingerprint density at radius 2 is 1.89 bits per heavy atom. The number of unbranched alkanes of at least 4 members (excludes halogenated alkanes) is 3. The van der Waals surface area contributed by atoms with E-state index in [0.29, 0.717) is 18.7 Å². The lowest BCUT2D eigenvalue weighted by molar-refractivity contribution is -0.121. The molecular formula is C23H28N2O3. The fourth-order valence-electron chi connectivity index (χ4n) is 3.29. The van der Waals surface area contributed by atoms with E-state index in [2.05, 4.69) is 12.2 Å². The van der Waals surface area contributed by atoms with Crippen LogP contribution in [0.2, 0.25) is 0 Å². The zero-order valence-corrected chi connectivity index (χ0v) is 16.7. The molecule has 0 spiro atoms. The number of carbonyl (C=O) groups excluding carboxylic acids is 2. The molecule has 0 atom stereocenters. The first kappa shape index (κ1) is 19.9. The Balaban J connectivity index is 1.62. The van der Waals surface area contributed by atoms with Crippen molar-refractivity contribution in [2.24, 2.45) is 0 Å². The highest BCUT2D eigenvalue weighted by Gasteiger charge is 2.25. The van der Waals surface area contributed by atoms with Crippen LogP contribution in [-0.2, 0) is 11.3 Å². The highest BCUT2D eigenvalue weighted by Crippen LogP contribution is 2.33. The molecule has 1 aliphatic rings. The number of amides is 2. The standard InChI is InChI=1S/C23H28N2O3/c1-3-4-5-6-13-24-23(27)19-10-8-18(9-11-19)15-25-20-14-17(2)7-12-21(20)28-16-22(25)26/h7-12,14H,3-6,13,15-16H2,1-2H3,(H,24,27). The molecule has 5 nitrogen and oxygen atoms in total. The zero-order chi connectivity index (χ0) is 19.9. The van der Waals surface area contributed by atoms with Crippen molar-refractivity contribution in [2.45, 2.75) is 46.1 Å². The molecule has 1 heterocycles. The number of anilines is 1. The number of fused-ring (bicyclic) bond motifs is 1. The van der Waals surface area contributed by atoms with E-state index < -0.39 is 0 Å². The van der Waals surface area contributed by atoms with Gasteiger partial charge in [0, 0.05) is 12.1 Å². The van der Waals surface area contributed by atoms with Crippen LogP contribution in [0.3, 0.4) is 0 Å². The first-order valence-corrected chi connectivity index (χ1v) is 9.99. The van der Waals surface area contributed by atoms with E-state index in [1.807, 2.05) is 49.4 Å². The fraction of sp³-hybridized carbons (Fsp3) is 0.391. The summed E-state index contributed by atoms with van der Waals surface area (Å²) in [4.78, 5) is 26.4. The van der Waals surface area contributed by atoms with Gasteiger partial charge in [0.2, 0.25) is 0 Å². The molecule has 0 saturated carbocycles. The molecule has 0 aromatic heterocycles. The van der Waals surface area contributed by atoms with Crippen molar-refractivity contribution in [3.63, 3.8) is 0 Å². The minimum Gasteiger partial charge on any atom is -0.482 e. The average Bonchev–Trinajstić information content (AvgIpc) is 2.70. The molecule has 3 rings (SSSR count). The topological polar surface area (TPSA) is 58.6 Å². The average molecular weight is 380 g/mol. The second-order valence-electron chi connectivity index (χ2n) is 7.25. The van der Waals surface area contributed by atoms with Crippen molar-refractivity contribution in [3.05, 3.63) is 59.2 Å². The quantitative estimate of drug-likeness (QED) is 0.697. The smallest absolute Gasteiger partial charge is 0.265 e. The third kappa shape index (κ3) is 4.91. The van der Waals surface area contributed by atoms with Crippen molar-refractivity contribution in [2.75, 3.05) is 18.1 Å². The van der Waals surface area contributed by atoms with Gasteiger partial charge in [-0.3, -0.25) is 9.59 Å². The maximum absolute atomic E-state index is 12.4. The molecule has 2 aromatic carbocycles. The van der Waals surface area contributed by atoms with Crippen LogP contribution < -0.4 is 15.0 Å². The second kappa shape index (κ2) is 9.40. The van der Waals surface area contributed by atoms with Gasteiger partial charge in [0.15, 0.2) is 6.61 Å². The lowest BCUT2D eigenvalue weighted by Gasteiger charge is -2.29. The molecule has 0 saturated heterocycles. The Hall–Kier alpha value is -2.82. The Labute approximate surface area is 166 Å². The molecule has 0 unspecified atom stereocenters. The summed E-state index contributed by atoms with van der Waals surface area (Å²) in [6.07, 6.45) is 4.54. The maximum atomic E-state index is 12.4. The molecule has 2 amide bonds. The Morgan fingerprint density at radius 1 is 1.11 bits per heavy atom. The summed E-state index contributed by atoms with van der Waals surface area (Å²) in [7, 11) is 0. The van der Waals surface area contributed by atoms with Crippen LogP contribution in [0.25, 0.3) is 0 Å². The number of hydrogen-bond acceptors (Lipinski definition) is 3. The van der Waals surface area contributed by atoms with E-state index in [1.54, 1.807) is 4.90 Å². The van der Waals surface area contributed by atoms with Gasteiger partial charge < -0.3 is 15.0 Å². The van der Waals surface area contributed by atoms with Crippen LogP contribution in [0, 0.1) is 6.92 Å². The predicted octanol–water partition coefficient (Wildman–Crippen LogP) is 4.23. The number of carbonyl (C=O) groups is 2. The van der Waals surface area contributed by atoms with Crippen LogP contribution in [0.4, 0.5) is 5.69 Å². The van der Waals surface area contributed by atoms with Crippen LogP contribution in [0.1, 0.15) is 54.1 Å². The molecule has 5 heteroatoms. The number of nitrogens with one attached hydrogen (secondary N) is 1. The summed E-state index contributed by atoms with van der Waals surface area (Å²) < 4.78 is 5.53. The van der Waals surface area contributed by atoms with Crippen molar-refractivity contribution >= 4 is 17.5 Å². The van der Waals surface area contributed by atoms with Gasteiger partial charge in [-0.15, -0.1) is 0 Å². The summed E-state index contributed by atoms with van der Waals surface area (Å²) in [5, 5.41) is 2.96. The minimum atomic E-state index is -0.0630. The number of aryl methyl sites for hydroxylation is 1. The monoisotopic (exact) mass is 380 g/mol. The highest BCUT2D eigenvalue weighted by molar-refractivity contribution is 5.98. The van der Waals surface area contributed by atoms with E-state index in [9.17, 15) is 9.59 Å². The molecule has 1 N–H and O–H groups in total. The number of nitrogens with zero attached hydrogens (tertiary/aromatic N) is 1. The third-order valence-electron chi connectivity index (χ3n) is 4.93. The van der Waals surface area contributed by atoms with Crippen molar-refractivity contribution in [1.29, 1.82) is 0 Å². The van der Waals surface area contributed by atoms with Crippen LogP contribution in [-0.4, -0.2) is 25.0 Å². The van der Waals surface area contributed by atoms with Gasteiger partial charge in [-0.1, -0.05) is 44.4 Å². The molecule has 0 fully saturated rings.